The zero-order valence-electron chi connectivity index (χ0n) is 12.4. The van der Waals surface area contributed by atoms with Crippen LogP contribution in [-0.4, -0.2) is 23.9 Å². The number of hydrogen-bond acceptors (Lipinski definition) is 2. The highest BCUT2D eigenvalue weighted by Gasteiger charge is 2.12. The van der Waals surface area contributed by atoms with E-state index in [0.717, 1.165) is 12.1 Å². The first-order valence-electron chi connectivity index (χ1n) is 7.09. The van der Waals surface area contributed by atoms with Crippen molar-refractivity contribution < 1.29 is 9.18 Å². The average molecular weight is 365 g/mol. The highest BCUT2D eigenvalue weighted by Crippen LogP contribution is 2.19. The molecule has 2 aromatic rings. The predicted molar refractivity (Wildman–Crippen MR) is 90.1 cm³/mol. The van der Waals surface area contributed by atoms with Gasteiger partial charge in [-0.25, -0.2) is 4.39 Å². The first-order valence-corrected chi connectivity index (χ1v) is 7.89. The van der Waals surface area contributed by atoms with Crippen molar-refractivity contribution in [2.45, 2.75) is 13.5 Å². The van der Waals surface area contributed by atoms with Gasteiger partial charge in [0.15, 0.2) is 0 Å². The van der Waals surface area contributed by atoms with Crippen LogP contribution in [0.25, 0.3) is 0 Å². The van der Waals surface area contributed by atoms with E-state index in [1.165, 1.54) is 6.07 Å². The molecule has 0 saturated heterocycles. The molecule has 0 heterocycles. The van der Waals surface area contributed by atoms with Crippen LogP contribution in [0.15, 0.2) is 53.0 Å². The summed E-state index contributed by atoms with van der Waals surface area (Å²) in [7, 11) is 0. The van der Waals surface area contributed by atoms with Crippen molar-refractivity contribution in [3.63, 3.8) is 0 Å². The summed E-state index contributed by atoms with van der Waals surface area (Å²) >= 11 is 3.19. The molecule has 0 atom stereocenters. The lowest BCUT2D eigenvalue weighted by molar-refractivity contribution is -0.117. The number of nitrogens with zero attached hydrogens (tertiary/aromatic N) is 1. The van der Waals surface area contributed by atoms with Crippen molar-refractivity contribution in [1.82, 2.24) is 4.90 Å². The third-order valence-corrected chi connectivity index (χ3v) is 3.76. The monoisotopic (exact) mass is 364 g/mol. The van der Waals surface area contributed by atoms with Crippen LogP contribution >= 0.6 is 15.9 Å². The summed E-state index contributed by atoms with van der Waals surface area (Å²) in [6.45, 7) is 3.65. The fourth-order valence-corrected chi connectivity index (χ4v) is 2.44. The van der Waals surface area contributed by atoms with Gasteiger partial charge < -0.3 is 5.32 Å². The molecule has 0 aliphatic carbocycles. The number of carbonyl (C=O) groups is 1. The van der Waals surface area contributed by atoms with Gasteiger partial charge in [-0.15, -0.1) is 0 Å². The first kappa shape index (κ1) is 16.6. The van der Waals surface area contributed by atoms with Gasteiger partial charge in [0.1, 0.15) is 5.82 Å². The van der Waals surface area contributed by atoms with Crippen LogP contribution in [0.5, 0.6) is 0 Å². The van der Waals surface area contributed by atoms with Gasteiger partial charge in [0.2, 0.25) is 5.91 Å². The summed E-state index contributed by atoms with van der Waals surface area (Å²) in [6, 6.07) is 14.5. The summed E-state index contributed by atoms with van der Waals surface area (Å²) in [5.74, 6) is -0.673. The maximum Gasteiger partial charge on any atom is 0.238 e. The number of benzene rings is 2. The highest BCUT2D eigenvalue weighted by atomic mass is 79.9. The summed E-state index contributed by atoms with van der Waals surface area (Å²) in [5.41, 5.74) is 1.34. The smallest absolute Gasteiger partial charge is 0.238 e. The minimum atomic E-state index is -0.450. The molecule has 1 amide bonds. The van der Waals surface area contributed by atoms with E-state index >= 15 is 0 Å². The van der Waals surface area contributed by atoms with Gasteiger partial charge in [-0.3, -0.25) is 9.69 Å². The molecule has 0 bridgehead atoms. The van der Waals surface area contributed by atoms with Crippen LogP contribution in [-0.2, 0) is 11.3 Å². The van der Waals surface area contributed by atoms with Gasteiger partial charge in [0, 0.05) is 11.0 Å². The lowest BCUT2D eigenvalue weighted by atomic mass is 10.2. The Bertz CT molecular complexity index is 634. The summed E-state index contributed by atoms with van der Waals surface area (Å²) < 4.78 is 14.4. The van der Waals surface area contributed by atoms with Crippen molar-refractivity contribution in [2.75, 3.05) is 18.4 Å². The van der Waals surface area contributed by atoms with Crippen LogP contribution in [0, 0.1) is 5.82 Å². The maximum absolute atomic E-state index is 13.7. The fourth-order valence-electron chi connectivity index (χ4n) is 2.10. The van der Waals surface area contributed by atoms with E-state index in [0.29, 0.717) is 11.0 Å². The normalized spacial score (nSPS) is 10.7. The van der Waals surface area contributed by atoms with Crippen molar-refractivity contribution >= 4 is 27.5 Å². The highest BCUT2D eigenvalue weighted by molar-refractivity contribution is 9.10. The second-order valence-corrected chi connectivity index (χ2v) is 5.88. The van der Waals surface area contributed by atoms with Crippen molar-refractivity contribution in [2.24, 2.45) is 0 Å². The third kappa shape index (κ3) is 4.93. The van der Waals surface area contributed by atoms with E-state index in [1.807, 2.05) is 42.2 Å². The SMILES string of the molecule is CCN(CC(=O)Nc1ccc(Br)cc1F)Cc1ccccc1. The molecule has 0 fully saturated rings. The molecule has 0 saturated carbocycles. The minimum absolute atomic E-state index is 0.198. The summed E-state index contributed by atoms with van der Waals surface area (Å²) in [6.07, 6.45) is 0. The Morgan fingerprint density at radius 2 is 1.95 bits per heavy atom. The standard InChI is InChI=1S/C17H18BrFN2O/c1-2-21(11-13-6-4-3-5-7-13)12-17(22)20-16-9-8-14(18)10-15(16)19/h3-10H,2,11-12H2,1H3,(H,20,22). The molecule has 5 heteroatoms. The van der Waals surface area contributed by atoms with Crippen molar-refractivity contribution in [1.29, 1.82) is 0 Å². The molecule has 0 spiro atoms. The van der Waals surface area contributed by atoms with Crippen LogP contribution < -0.4 is 5.32 Å². The summed E-state index contributed by atoms with van der Waals surface area (Å²) in [4.78, 5) is 14.1. The maximum atomic E-state index is 13.7. The van der Waals surface area contributed by atoms with Gasteiger partial charge in [-0.05, 0) is 30.3 Å². The number of nitrogens with one attached hydrogen (secondary N) is 1. The number of hydrogen-bond donors (Lipinski definition) is 1. The third-order valence-electron chi connectivity index (χ3n) is 3.27. The molecule has 1 N–H and O–H groups in total. The van der Waals surface area contributed by atoms with E-state index in [4.69, 9.17) is 0 Å². The van der Waals surface area contributed by atoms with Crippen LogP contribution in [0.3, 0.4) is 0 Å². The van der Waals surface area contributed by atoms with Crippen LogP contribution in [0.2, 0.25) is 0 Å². The lowest BCUT2D eigenvalue weighted by Gasteiger charge is -2.20. The largest absolute Gasteiger partial charge is 0.322 e. The second-order valence-electron chi connectivity index (χ2n) is 4.96. The van der Waals surface area contributed by atoms with Crippen molar-refractivity contribution in [3.8, 4) is 0 Å². The Balaban J connectivity index is 1.94. The van der Waals surface area contributed by atoms with Gasteiger partial charge in [-0.1, -0.05) is 53.2 Å². The Labute approximate surface area is 138 Å². The fraction of sp³-hybridized carbons (Fsp3) is 0.235. The average Bonchev–Trinajstić information content (AvgIpc) is 2.50. The molecule has 2 aromatic carbocycles. The number of amides is 1. The second kappa shape index (κ2) is 8.06. The topological polar surface area (TPSA) is 32.3 Å². The van der Waals surface area contributed by atoms with E-state index in [2.05, 4.69) is 21.2 Å². The molecular formula is C17H18BrFN2O. The molecule has 0 unspecified atom stereocenters. The van der Waals surface area contributed by atoms with Gasteiger partial charge >= 0.3 is 0 Å². The van der Waals surface area contributed by atoms with Crippen molar-refractivity contribution in [3.05, 3.63) is 64.4 Å². The van der Waals surface area contributed by atoms with E-state index in [1.54, 1.807) is 12.1 Å². The van der Waals surface area contributed by atoms with E-state index < -0.39 is 5.82 Å². The molecule has 22 heavy (non-hydrogen) atoms. The molecule has 0 aliphatic heterocycles. The zero-order chi connectivity index (χ0) is 15.9. The van der Waals surface area contributed by atoms with E-state index in [-0.39, 0.29) is 18.1 Å². The lowest BCUT2D eigenvalue weighted by Crippen LogP contribution is -2.32. The van der Waals surface area contributed by atoms with Gasteiger partial charge in [0.05, 0.1) is 12.2 Å². The molecule has 0 aliphatic rings. The Hall–Kier alpha value is -1.72. The number of anilines is 1. The first-order chi connectivity index (χ1) is 10.6. The Morgan fingerprint density at radius 1 is 1.23 bits per heavy atom. The van der Waals surface area contributed by atoms with Gasteiger partial charge in [0.25, 0.3) is 0 Å². The molecule has 0 radical (unpaired) electrons. The van der Waals surface area contributed by atoms with Gasteiger partial charge in [-0.2, -0.15) is 0 Å². The molecule has 116 valence electrons. The number of carbonyl (C=O) groups excluding carboxylic acids is 1. The number of rotatable bonds is 6. The number of likely N-dealkylation sites (N-methyl/N-ethyl adjacent to an activating group) is 1. The quantitative estimate of drug-likeness (QED) is 0.838. The molecule has 3 nitrogen and oxygen atoms in total. The number of halogens is 2. The van der Waals surface area contributed by atoms with Crippen LogP contribution in [0.4, 0.5) is 10.1 Å². The molecular weight excluding hydrogens is 347 g/mol. The predicted octanol–water partition coefficient (Wildman–Crippen LogP) is 4.05. The minimum Gasteiger partial charge on any atom is -0.322 e. The molecule has 2 rings (SSSR count). The summed E-state index contributed by atoms with van der Waals surface area (Å²) in [5, 5.41) is 2.61. The molecule has 0 aromatic heterocycles. The Morgan fingerprint density at radius 3 is 2.59 bits per heavy atom. The van der Waals surface area contributed by atoms with E-state index in [9.17, 15) is 9.18 Å². The van der Waals surface area contributed by atoms with Crippen LogP contribution in [0.1, 0.15) is 12.5 Å². The zero-order valence-corrected chi connectivity index (χ0v) is 13.9. The Kier molecular flexibility index (Phi) is 6.10.